The molecule has 2 N–H and O–H groups in total. The standard InChI is InChI=1S/C5H12N2O2S/c1-5(2)4-7-10(8,9)6-3/h6-7H,1,4H2,2-3H3. The quantitative estimate of drug-likeness (QED) is 0.556. The van der Waals surface area contributed by atoms with Gasteiger partial charge in [-0.2, -0.15) is 13.1 Å². The van der Waals surface area contributed by atoms with Gasteiger partial charge in [-0.3, -0.25) is 0 Å². The van der Waals surface area contributed by atoms with Crippen molar-refractivity contribution in [2.75, 3.05) is 13.6 Å². The first kappa shape index (κ1) is 9.61. The van der Waals surface area contributed by atoms with Crippen molar-refractivity contribution in [1.82, 2.24) is 9.44 Å². The van der Waals surface area contributed by atoms with Crippen molar-refractivity contribution >= 4 is 10.2 Å². The molecule has 0 radical (unpaired) electrons. The Hall–Kier alpha value is -0.390. The minimum absolute atomic E-state index is 0.281. The summed E-state index contributed by atoms with van der Waals surface area (Å²) in [5, 5.41) is 0. The summed E-state index contributed by atoms with van der Waals surface area (Å²) in [6, 6.07) is 0. The molecule has 0 aliphatic heterocycles. The minimum Gasteiger partial charge on any atom is -0.205 e. The number of rotatable bonds is 4. The fraction of sp³-hybridized carbons (Fsp3) is 0.600. The largest absolute Gasteiger partial charge is 0.276 e. The summed E-state index contributed by atoms with van der Waals surface area (Å²) < 4.78 is 25.7. The Kier molecular flexibility index (Phi) is 3.55. The van der Waals surface area contributed by atoms with Crippen molar-refractivity contribution in [2.45, 2.75) is 6.92 Å². The van der Waals surface area contributed by atoms with Gasteiger partial charge in [0.05, 0.1) is 0 Å². The Bertz CT molecular complexity index is 208. The molecule has 0 bridgehead atoms. The van der Waals surface area contributed by atoms with Crippen LogP contribution >= 0.6 is 0 Å². The summed E-state index contributed by atoms with van der Waals surface area (Å²) in [5.74, 6) is 0. The van der Waals surface area contributed by atoms with Gasteiger partial charge in [0.25, 0.3) is 10.2 Å². The molecular weight excluding hydrogens is 152 g/mol. The van der Waals surface area contributed by atoms with Gasteiger partial charge in [0, 0.05) is 13.6 Å². The van der Waals surface area contributed by atoms with Gasteiger partial charge in [0.1, 0.15) is 0 Å². The summed E-state index contributed by atoms with van der Waals surface area (Å²) in [6.07, 6.45) is 0. The first-order chi connectivity index (χ1) is 4.48. The molecule has 0 aromatic heterocycles. The lowest BCUT2D eigenvalue weighted by molar-refractivity contribution is 0.576. The molecule has 0 aromatic carbocycles. The summed E-state index contributed by atoms with van der Waals surface area (Å²) in [7, 11) is -1.93. The molecule has 0 spiro atoms. The van der Waals surface area contributed by atoms with Crippen LogP contribution in [0.4, 0.5) is 0 Å². The third kappa shape index (κ3) is 4.49. The lowest BCUT2D eigenvalue weighted by atomic mass is 10.4. The lowest BCUT2D eigenvalue weighted by Gasteiger charge is -2.02. The first-order valence-corrected chi connectivity index (χ1v) is 4.29. The lowest BCUT2D eigenvalue weighted by Crippen LogP contribution is -2.34. The summed E-state index contributed by atoms with van der Waals surface area (Å²) >= 11 is 0. The van der Waals surface area contributed by atoms with Gasteiger partial charge < -0.3 is 0 Å². The molecule has 0 aliphatic carbocycles. The molecule has 0 unspecified atom stereocenters. The van der Waals surface area contributed by atoms with E-state index in [9.17, 15) is 8.42 Å². The van der Waals surface area contributed by atoms with Crippen LogP contribution < -0.4 is 9.44 Å². The van der Waals surface area contributed by atoms with E-state index < -0.39 is 10.2 Å². The van der Waals surface area contributed by atoms with E-state index in [1.165, 1.54) is 7.05 Å². The van der Waals surface area contributed by atoms with E-state index in [1.54, 1.807) is 6.92 Å². The summed E-state index contributed by atoms with van der Waals surface area (Å²) in [4.78, 5) is 0. The molecule has 0 saturated carbocycles. The second-order valence-corrected chi connectivity index (χ2v) is 3.69. The first-order valence-electron chi connectivity index (χ1n) is 2.80. The van der Waals surface area contributed by atoms with Crippen molar-refractivity contribution in [3.8, 4) is 0 Å². The normalized spacial score (nSPS) is 11.4. The van der Waals surface area contributed by atoms with Crippen LogP contribution in [-0.4, -0.2) is 22.0 Å². The molecule has 4 nitrogen and oxygen atoms in total. The molecule has 5 heteroatoms. The van der Waals surface area contributed by atoms with Crippen molar-refractivity contribution in [1.29, 1.82) is 0 Å². The zero-order valence-corrected chi connectivity index (χ0v) is 6.96. The van der Waals surface area contributed by atoms with Gasteiger partial charge in [-0.15, -0.1) is 0 Å². The second-order valence-electron chi connectivity index (χ2n) is 1.99. The van der Waals surface area contributed by atoms with Crippen LogP contribution in [0.3, 0.4) is 0 Å². The van der Waals surface area contributed by atoms with Crippen LogP contribution in [0.15, 0.2) is 12.2 Å². The highest BCUT2D eigenvalue weighted by atomic mass is 32.2. The maximum atomic E-state index is 10.6. The Morgan fingerprint density at radius 2 is 2.10 bits per heavy atom. The molecule has 0 heterocycles. The third-order valence-electron chi connectivity index (χ3n) is 0.833. The smallest absolute Gasteiger partial charge is 0.205 e. The van der Waals surface area contributed by atoms with Crippen molar-refractivity contribution in [3.63, 3.8) is 0 Å². The van der Waals surface area contributed by atoms with Crippen LogP contribution in [0.5, 0.6) is 0 Å². The maximum Gasteiger partial charge on any atom is 0.276 e. The van der Waals surface area contributed by atoms with E-state index in [0.29, 0.717) is 0 Å². The van der Waals surface area contributed by atoms with Gasteiger partial charge in [0.2, 0.25) is 0 Å². The zero-order chi connectivity index (χ0) is 8.20. The highest BCUT2D eigenvalue weighted by Crippen LogP contribution is 1.83. The van der Waals surface area contributed by atoms with Crippen molar-refractivity contribution in [3.05, 3.63) is 12.2 Å². The SMILES string of the molecule is C=C(C)CNS(=O)(=O)NC. The maximum absolute atomic E-state index is 10.6. The van der Waals surface area contributed by atoms with Gasteiger partial charge >= 0.3 is 0 Å². The Morgan fingerprint density at radius 3 is 2.40 bits per heavy atom. The minimum atomic E-state index is -3.28. The third-order valence-corrected chi connectivity index (χ3v) is 1.89. The van der Waals surface area contributed by atoms with Crippen LogP contribution in [0.1, 0.15) is 6.92 Å². The van der Waals surface area contributed by atoms with Gasteiger partial charge in [0.15, 0.2) is 0 Å². The van der Waals surface area contributed by atoms with E-state index in [0.717, 1.165) is 5.57 Å². The highest BCUT2D eigenvalue weighted by Gasteiger charge is 2.02. The molecule has 0 fully saturated rings. The average molecular weight is 164 g/mol. The monoisotopic (exact) mass is 164 g/mol. The summed E-state index contributed by atoms with van der Waals surface area (Å²) in [6.45, 7) is 5.57. The van der Waals surface area contributed by atoms with Crippen molar-refractivity contribution < 1.29 is 8.42 Å². The van der Waals surface area contributed by atoms with Crippen molar-refractivity contribution in [2.24, 2.45) is 0 Å². The zero-order valence-electron chi connectivity index (χ0n) is 6.14. The predicted molar refractivity (Wildman–Crippen MR) is 40.8 cm³/mol. The van der Waals surface area contributed by atoms with Gasteiger partial charge in [-0.25, -0.2) is 4.72 Å². The van der Waals surface area contributed by atoms with E-state index in [-0.39, 0.29) is 6.54 Å². The fourth-order valence-corrected chi connectivity index (χ4v) is 0.871. The van der Waals surface area contributed by atoms with Crippen LogP contribution in [0.25, 0.3) is 0 Å². The van der Waals surface area contributed by atoms with Gasteiger partial charge in [-0.05, 0) is 6.92 Å². The van der Waals surface area contributed by atoms with Crippen LogP contribution in [-0.2, 0) is 10.2 Å². The Balaban J connectivity index is 3.81. The summed E-state index contributed by atoms with van der Waals surface area (Å²) in [5.41, 5.74) is 0.777. The van der Waals surface area contributed by atoms with Crippen LogP contribution in [0.2, 0.25) is 0 Å². The molecule has 0 aliphatic rings. The molecule has 0 atom stereocenters. The molecule has 0 amide bonds. The molecule has 0 saturated heterocycles. The van der Waals surface area contributed by atoms with Crippen LogP contribution in [0, 0.1) is 0 Å². The van der Waals surface area contributed by atoms with E-state index in [4.69, 9.17) is 0 Å². The average Bonchev–Trinajstić information content (AvgIpc) is 1.85. The molecule has 60 valence electrons. The predicted octanol–water partition coefficient (Wildman–Crippen LogP) is -0.384. The topological polar surface area (TPSA) is 58.2 Å². The molecular formula is C5H12N2O2S. The number of hydrogen-bond acceptors (Lipinski definition) is 2. The number of hydrogen-bond donors (Lipinski definition) is 2. The van der Waals surface area contributed by atoms with E-state index >= 15 is 0 Å². The Morgan fingerprint density at radius 1 is 1.60 bits per heavy atom. The van der Waals surface area contributed by atoms with E-state index in [2.05, 4.69) is 16.0 Å². The van der Waals surface area contributed by atoms with Gasteiger partial charge in [-0.1, -0.05) is 12.2 Å². The fourth-order valence-electron chi connectivity index (χ4n) is 0.290. The highest BCUT2D eigenvalue weighted by molar-refractivity contribution is 7.87. The Labute approximate surface area is 61.5 Å². The number of nitrogens with one attached hydrogen (secondary N) is 2. The molecule has 0 rings (SSSR count). The molecule has 0 aromatic rings. The molecule has 10 heavy (non-hydrogen) atoms. The second kappa shape index (κ2) is 3.70. The van der Waals surface area contributed by atoms with E-state index in [1.807, 2.05) is 0 Å².